The fraction of sp³-hybridized carbons (Fsp3) is 0.529. The number of aliphatic hydroxyl groups is 1. The number of benzene rings is 1. The summed E-state index contributed by atoms with van der Waals surface area (Å²) >= 11 is 1.68. The van der Waals surface area contributed by atoms with Crippen LogP contribution in [0.1, 0.15) is 36.0 Å². The number of ether oxygens (including phenoxy) is 1. The van der Waals surface area contributed by atoms with Crippen LogP contribution in [0.5, 0.6) is 0 Å². The topological polar surface area (TPSA) is 75.6 Å². The molecule has 1 saturated heterocycles. The van der Waals surface area contributed by atoms with Gasteiger partial charge < -0.3 is 15.2 Å². The molecule has 6 heteroatoms. The van der Waals surface area contributed by atoms with E-state index < -0.39 is 6.10 Å². The number of carbonyl (C=O) groups is 2. The Hall–Kier alpha value is -1.53. The van der Waals surface area contributed by atoms with Crippen LogP contribution in [-0.2, 0) is 9.53 Å². The highest BCUT2D eigenvalue weighted by atomic mass is 32.2. The van der Waals surface area contributed by atoms with Gasteiger partial charge in [0.05, 0.1) is 19.3 Å². The zero-order valence-electron chi connectivity index (χ0n) is 13.2. The minimum Gasteiger partial charge on any atom is -0.469 e. The van der Waals surface area contributed by atoms with Crippen molar-refractivity contribution in [3.05, 3.63) is 35.9 Å². The molecule has 0 radical (unpaired) electrons. The van der Waals surface area contributed by atoms with Crippen molar-refractivity contribution in [1.82, 2.24) is 5.32 Å². The summed E-state index contributed by atoms with van der Waals surface area (Å²) in [6.45, 7) is 0. The molecule has 1 fully saturated rings. The third kappa shape index (κ3) is 5.25. The first-order valence-corrected chi connectivity index (χ1v) is 8.89. The Balaban J connectivity index is 1.74. The number of aliphatic hydroxyl groups excluding tert-OH is 1. The molecule has 5 nitrogen and oxygen atoms in total. The van der Waals surface area contributed by atoms with Gasteiger partial charge in [-0.15, -0.1) is 0 Å². The van der Waals surface area contributed by atoms with Crippen LogP contribution in [-0.4, -0.2) is 47.2 Å². The van der Waals surface area contributed by atoms with Crippen molar-refractivity contribution >= 4 is 23.6 Å². The van der Waals surface area contributed by atoms with Crippen molar-refractivity contribution in [1.29, 1.82) is 0 Å². The summed E-state index contributed by atoms with van der Waals surface area (Å²) < 4.78 is 4.61. The number of carbonyl (C=O) groups excluding carboxylic acids is 2. The fourth-order valence-electron chi connectivity index (χ4n) is 2.62. The maximum atomic E-state index is 12.1. The maximum absolute atomic E-state index is 12.1. The lowest BCUT2D eigenvalue weighted by molar-refractivity contribution is -0.140. The van der Waals surface area contributed by atoms with E-state index in [4.69, 9.17) is 0 Å². The van der Waals surface area contributed by atoms with Gasteiger partial charge in [0.15, 0.2) is 0 Å². The summed E-state index contributed by atoms with van der Waals surface area (Å²) in [4.78, 5) is 23.2. The Labute approximate surface area is 140 Å². The van der Waals surface area contributed by atoms with E-state index in [0.29, 0.717) is 17.7 Å². The van der Waals surface area contributed by atoms with Crippen molar-refractivity contribution in [2.24, 2.45) is 0 Å². The molecule has 1 amide bonds. The van der Waals surface area contributed by atoms with Crippen LogP contribution >= 0.6 is 11.8 Å². The lowest BCUT2D eigenvalue weighted by atomic mass is 10.0. The molecule has 2 N–H and O–H groups in total. The number of unbranched alkanes of at least 4 members (excludes halogenated alkanes) is 1. The number of thioether (sulfide) groups is 1. The van der Waals surface area contributed by atoms with E-state index in [-0.39, 0.29) is 23.2 Å². The number of nitrogens with one attached hydrogen (secondary N) is 1. The van der Waals surface area contributed by atoms with Crippen LogP contribution in [0.4, 0.5) is 0 Å². The van der Waals surface area contributed by atoms with E-state index in [1.54, 1.807) is 23.9 Å². The van der Waals surface area contributed by atoms with Crippen LogP contribution in [0.2, 0.25) is 0 Å². The van der Waals surface area contributed by atoms with Crippen LogP contribution < -0.4 is 5.32 Å². The van der Waals surface area contributed by atoms with Gasteiger partial charge in [-0.05, 0) is 25.0 Å². The van der Waals surface area contributed by atoms with Crippen molar-refractivity contribution in [2.45, 2.75) is 43.1 Å². The van der Waals surface area contributed by atoms with E-state index in [9.17, 15) is 14.7 Å². The van der Waals surface area contributed by atoms with Gasteiger partial charge in [0.2, 0.25) is 0 Å². The van der Waals surface area contributed by atoms with E-state index in [0.717, 1.165) is 19.3 Å². The number of rotatable bonds is 7. The zero-order valence-corrected chi connectivity index (χ0v) is 14.1. The molecule has 1 aliphatic heterocycles. The van der Waals surface area contributed by atoms with Gasteiger partial charge in [-0.1, -0.05) is 24.6 Å². The van der Waals surface area contributed by atoms with Crippen molar-refractivity contribution in [3.63, 3.8) is 0 Å². The van der Waals surface area contributed by atoms with Gasteiger partial charge in [-0.2, -0.15) is 11.8 Å². The normalized spacial score (nSPS) is 23.5. The highest BCUT2D eigenvalue weighted by Gasteiger charge is 2.35. The van der Waals surface area contributed by atoms with Crippen molar-refractivity contribution < 1.29 is 19.4 Å². The highest BCUT2D eigenvalue weighted by molar-refractivity contribution is 8.00. The lowest BCUT2D eigenvalue weighted by Crippen LogP contribution is -2.44. The first-order chi connectivity index (χ1) is 11.1. The number of hydrogen-bond donors (Lipinski definition) is 2. The molecule has 3 atom stereocenters. The average Bonchev–Trinajstić information content (AvgIpc) is 2.92. The first-order valence-electron chi connectivity index (χ1n) is 7.84. The second-order valence-electron chi connectivity index (χ2n) is 5.63. The van der Waals surface area contributed by atoms with Gasteiger partial charge in [-0.25, -0.2) is 0 Å². The Kier molecular flexibility index (Phi) is 6.92. The monoisotopic (exact) mass is 337 g/mol. The van der Waals surface area contributed by atoms with E-state index in [1.165, 1.54) is 7.11 Å². The van der Waals surface area contributed by atoms with E-state index >= 15 is 0 Å². The quantitative estimate of drug-likeness (QED) is 0.588. The smallest absolute Gasteiger partial charge is 0.305 e. The predicted molar refractivity (Wildman–Crippen MR) is 90.4 cm³/mol. The summed E-state index contributed by atoms with van der Waals surface area (Å²) in [5, 5.41) is 13.4. The molecule has 0 saturated carbocycles. The molecule has 0 aliphatic carbocycles. The van der Waals surface area contributed by atoms with Crippen molar-refractivity contribution in [3.8, 4) is 0 Å². The summed E-state index contributed by atoms with van der Waals surface area (Å²) in [7, 11) is 1.39. The summed E-state index contributed by atoms with van der Waals surface area (Å²) in [6.07, 6.45) is 2.32. The van der Waals surface area contributed by atoms with Gasteiger partial charge in [-0.3, -0.25) is 9.59 Å². The molecule has 23 heavy (non-hydrogen) atoms. The van der Waals surface area contributed by atoms with Crippen molar-refractivity contribution in [2.75, 3.05) is 12.9 Å². The number of amides is 1. The van der Waals surface area contributed by atoms with Crippen LogP contribution in [0.25, 0.3) is 0 Å². The minimum atomic E-state index is -0.550. The second-order valence-corrected chi connectivity index (χ2v) is 6.90. The first kappa shape index (κ1) is 17.8. The average molecular weight is 337 g/mol. The molecule has 3 unspecified atom stereocenters. The molecule has 2 rings (SSSR count). The molecule has 1 aliphatic rings. The SMILES string of the molecule is COC(=O)CCCCC1SCC(NC(=O)c2ccccc2)C1O. The van der Waals surface area contributed by atoms with Crippen LogP contribution in [0.3, 0.4) is 0 Å². The van der Waals surface area contributed by atoms with Crippen LogP contribution in [0, 0.1) is 0 Å². The predicted octanol–water partition coefficient (Wildman–Crippen LogP) is 1.99. The third-order valence-electron chi connectivity index (χ3n) is 3.98. The number of esters is 1. The largest absolute Gasteiger partial charge is 0.469 e. The molecule has 0 aromatic heterocycles. The molecule has 1 aromatic rings. The minimum absolute atomic E-state index is 0.105. The zero-order chi connectivity index (χ0) is 16.7. The van der Waals surface area contributed by atoms with Gasteiger partial charge in [0.1, 0.15) is 0 Å². The molecular formula is C17H23NO4S. The summed E-state index contributed by atoms with van der Waals surface area (Å²) in [6, 6.07) is 8.79. The number of methoxy groups -OCH3 is 1. The molecule has 1 aromatic carbocycles. The van der Waals surface area contributed by atoms with Gasteiger partial charge in [0.25, 0.3) is 5.91 Å². The van der Waals surface area contributed by atoms with E-state index in [2.05, 4.69) is 10.1 Å². The summed E-state index contributed by atoms with van der Waals surface area (Å²) in [5.74, 6) is 0.362. The van der Waals surface area contributed by atoms with Gasteiger partial charge >= 0.3 is 5.97 Å². The molecular weight excluding hydrogens is 314 g/mol. The Morgan fingerprint density at radius 1 is 1.30 bits per heavy atom. The van der Waals surface area contributed by atoms with Gasteiger partial charge in [0, 0.05) is 23.0 Å². The number of hydrogen-bond acceptors (Lipinski definition) is 5. The van der Waals surface area contributed by atoms with E-state index in [1.807, 2.05) is 18.2 Å². The van der Waals surface area contributed by atoms with Crippen LogP contribution in [0.15, 0.2) is 30.3 Å². The maximum Gasteiger partial charge on any atom is 0.305 e. The second kappa shape index (κ2) is 8.93. The molecule has 0 bridgehead atoms. The Morgan fingerprint density at radius 2 is 2.04 bits per heavy atom. The fourth-order valence-corrected chi connectivity index (χ4v) is 4.08. The third-order valence-corrected chi connectivity index (χ3v) is 5.48. The Morgan fingerprint density at radius 3 is 2.74 bits per heavy atom. The summed E-state index contributed by atoms with van der Waals surface area (Å²) in [5.41, 5.74) is 0.603. The standard InChI is InChI=1S/C17H23NO4S/c1-22-15(19)10-6-5-9-14-16(20)13(11-23-14)18-17(21)12-7-3-2-4-8-12/h2-4,7-8,13-14,16,20H,5-6,9-11H2,1H3,(H,18,21). The molecule has 0 spiro atoms. The molecule has 1 heterocycles. The molecule has 126 valence electrons. The lowest BCUT2D eigenvalue weighted by Gasteiger charge is -2.19. The Bertz CT molecular complexity index is 523. The highest BCUT2D eigenvalue weighted by Crippen LogP contribution is 2.31.